The number of halogens is 3. The van der Waals surface area contributed by atoms with Gasteiger partial charge >= 0.3 is 6.18 Å². The number of thiophene rings is 1. The van der Waals surface area contributed by atoms with E-state index in [0.29, 0.717) is 0 Å². The van der Waals surface area contributed by atoms with E-state index in [1.807, 2.05) is 0 Å². The van der Waals surface area contributed by atoms with Crippen LogP contribution in [0, 0.1) is 6.92 Å². The lowest BCUT2D eigenvalue weighted by Gasteiger charge is -2.37. The number of rotatable bonds is 4. The molecule has 1 aliphatic rings. The van der Waals surface area contributed by atoms with E-state index in [-0.39, 0.29) is 17.3 Å². The molecule has 0 radical (unpaired) electrons. The predicted octanol–water partition coefficient (Wildman–Crippen LogP) is 2.92. The SMILES string of the molecule is Cc1ccc(S(=O)(=O)N2CC(Oc3ncccc3C(F)(F)F)C2)s1. The van der Waals surface area contributed by atoms with Crippen molar-refractivity contribution in [3.05, 3.63) is 40.9 Å². The average molecular weight is 378 g/mol. The molecule has 0 aromatic carbocycles. The summed E-state index contributed by atoms with van der Waals surface area (Å²) >= 11 is 1.15. The number of hydrogen-bond acceptors (Lipinski definition) is 5. The minimum atomic E-state index is -4.58. The van der Waals surface area contributed by atoms with E-state index in [4.69, 9.17) is 4.74 Å². The Kier molecular flexibility index (Phi) is 4.30. The van der Waals surface area contributed by atoms with Crippen LogP contribution in [-0.4, -0.2) is 36.9 Å². The molecule has 0 aliphatic carbocycles. The molecule has 0 atom stereocenters. The van der Waals surface area contributed by atoms with Crippen LogP contribution in [0.5, 0.6) is 5.88 Å². The Morgan fingerprint density at radius 1 is 1.29 bits per heavy atom. The van der Waals surface area contributed by atoms with E-state index in [1.165, 1.54) is 22.6 Å². The Balaban J connectivity index is 1.68. The molecule has 0 N–H and O–H groups in total. The predicted molar refractivity (Wildman–Crippen MR) is 81.5 cm³/mol. The molecule has 3 heterocycles. The van der Waals surface area contributed by atoms with Crippen LogP contribution in [0.3, 0.4) is 0 Å². The third-order valence-corrected chi connectivity index (χ3v) is 6.78. The number of ether oxygens (including phenoxy) is 1. The second-order valence-electron chi connectivity index (χ2n) is 5.28. The van der Waals surface area contributed by atoms with Crippen LogP contribution in [0.15, 0.2) is 34.7 Å². The maximum atomic E-state index is 12.9. The third kappa shape index (κ3) is 3.26. The first-order chi connectivity index (χ1) is 11.2. The number of nitrogens with zero attached hydrogens (tertiary/aromatic N) is 2. The number of sulfonamides is 1. The molecule has 2 aromatic heterocycles. The van der Waals surface area contributed by atoms with Crippen molar-refractivity contribution in [3.8, 4) is 5.88 Å². The number of aryl methyl sites for hydroxylation is 1. The van der Waals surface area contributed by atoms with Crippen LogP contribution in [0.4, 0.5) is 13.2 Å². The van der Waals surface area contributed by atoms with Crippen molar-refractivity contribution in [2.24, 2.45) is 0 Å². The van der Waals surface area contributed by atoms with E-state index >= 15 is 0 Å². The monoisotopic (exact) mass is 378 g/mol. The van der Waals surface area contributed by atoms with Gasteiger partial charge in [0.2, 0.25) is 5.88 Å². The maximum absolute atomic E-state index is 12.9. The van der Waals surface area contributed by atoms with Crippen molar-refractivity contribution in [1.82, 2.24) is 9.29 Å². The molecule has 0 amide bonds. The second-order valence-corrected chi connectivity index (χ2v) is 8.73. The lowest BCUT2D eigenvalue weighted by Crippen LogP contribution is -2.56. The van der Waals surface area contributed by atoms with Crippen LogP contribution in [-0.2, 0) is 16.2 Å². The summed E-state index contributed by atoms with van der Waals surface area (Å²) in [5, 5.41) is 0. The Labute approximate surface area is 140 Å². The molecule has 1 saturated heterocycles. The molecule has 0 bridgehead atoms. The van der Waals surface area contributed by atoms with Crippen LogP contribution < -0.4 is 4.74 Å². The molecular weight excluding hydrogens is 365 g/mol. The van der Waals surface area contributed by atoms with Gasteiger partial charge in [0.15, 0.2) is 0 Å². The van der Waals surface area contributed by atoms with Gasteiger partial charge in [-0.25, -0.2) is 13.4 Å². The minimum absolute atomic E-state index is 0.00679. The van der Waals surface area contributed by atoms with E-state index < -0.39 is 33.7 Å². The zero-order chi connectivity index (χ0) is 17.5. The molecule has 24 heavy (non-hydrogen) atoms. The highest BCUT2D eigenvalue weighted by atomic mass is 32.2. The van der Waals surface area contributed by atoms with Gasteiger partial charge < -0.3 is 4.74 Å². The van der Waals surface area contributed by atoms with Crippen molar-refractivity contribution < 1.29 is 26.3 Å². The van der Waals surface area contributed by atoms with Gasteiger partial charge in [0.05, 0.1) is 13.1 Å². The molecule has 2 aromatic rings. The number of alkyl halides is 3. The molecule has 0 saturated carbocycles. The molecule has 3 rings (SSSR count). The van der Waals surface area contributed by atoms with E-state index in [2.05, 4.69) is 4.98 Å². The molecule has 1 aliphatic heterocycles. The summed E-state index contributed by atoms with van der Waals surface area (Å²) in [6.45, 7) is 1.78. The van der Waals surface area contributed by atoms with Crippen LogP contribution in [0.25, 0.3) is 0 Å². The third-order valence-electron chi connectivity index (χ3n) is 3.48. The van der Waals surface area contributed by atoms with Gasteiger partial charge in [0.25, 0.3) is 10.0 Å². The first kappa shape index (κ1) is 17.2. The smallest absolute Gasteiger partial charge is 0.421 e. The molecule has 0 spiro atoms. The summed E-state index contributed by atoms with van der Waals surface area (Å²) in [6, 6.07) is 5.27. The van der Waals surface area contributed by atoms with Crippen LogP contribution in [0.1, 0.15) is 10.4 Å². The molecule has 130 valence electrons. The summed E-state index contributed by atoms with van der Waals surface area (Å²) in [5.74, 6) is -0.529. The number of pyridine rings is 1. The Hall–Kier alpha value is -1.65. The number of aromatic nitrogens is 1. The van der Waals surface area contributed by atoms with Gasteiger partial charge in [0, 0.05) is 11.1 Å². The molecule has 5 nitrogen and oxygen atoms in total. The van der Waals surface area contributed by atoms with Crippen LogP contribution in [0.2, 0.25) is 0 Å². The lowest BCUT2D eigenvalue weighted by molar-refractivity contribution is -0.140. The fraction of sp³-hybridized carbons (Fsp3) is 0.357. The number of hydrogen-bond donors (Lipinski definition) is 0. The molecule has 10 heteroatoms. The lowest BCUT2D eigenvalue weighted by atomic mass is 10.2. The fourth-order valence-corrected chi connectivity index (χ4v) is 5.15. The quantitative estimate of drug-likeness (QED) is 0.821. The Morgan fingerprint density at radius 3 is 2.58 bits per heavy atom. The van der Waals surface area contributed by atoms with E-state index in [9.17, 15) is 21.6 Å². The van der Waals surface area contributed by atoms with Gasteiger partial charge in [-0.1, -0.05) is 0 Å². The Bertz CT molecular complexity index is 843. The van der Waals surface area contributed by atoms with Crippen molar-refractivity contribution in [3.63, 3.8) is 0 Å². The van der Waals surface area contributed by atoms with Gasteiger partial charge in [-0.2, -0.15) is 17.5 Å². The van der Waals surface area contributed by atoms with Crippen molar-refractivity contribution in [1.29, 1.82) is 0 Å². The zero-order valence-electron chi connectivity index (χ0n) is 12.4. The molecule has 0 unspecified atom stereocenters. The van der Waals surface area contributed by atoms with E-state index in [1.54, 1.807) is 13.0 Å². The first-order valence-electron chi connectivity index (χ1n) is 6.93. The maximum Gasteiger partial charge on any atom is 0.421 e. The first-order valence-corrected chi connectivity index (χ1v) is 9.19. The summed E-state index contributed by atoms with van der Waals surface area (Å²) < 4.78 is 70.0. The van der Waals surface area contributed by atoms with Crippen molar-refractivity contribution in [2.75, 3.05) is 13.1 Å². The summed E-state index contributed by atoms with van der Waals surface area (Å²) in [5.41, 5.74) is -0.972. The highest BCUT2D eigenvalue weighted by Gasteiger charge is 2.41. The summed E-state index contributed by atoms with van der Waals surface area (Å²) in [7, 11) is -3.62. The summed E-state index contributed by atoms with van der Waals surface area (Å²) in [6.07, 6.45) is -4.03. The summed E-state index contributed by atoms with van der Waals surface area (Å²) in [4.78, 5) is 4.47. The molecule has 1 fully saturated rings. The van der Waals surface area contributed by atoms with Crippen molar-refractivity contribution in [2.45, 2.75) is 23.4 Å². The van der Waals surface area contributed by atoms with Gasteiger partial charge in [-0.3, -0.25) is 0 Å². The highest BCUT2D eigenvalue weighted by Crippen LogP contribution is 2.36. The van der Waals surface area contributed by atoms with Crippen molar-refractivity contribution >= 4 is 21.4 Å². The fourth-order valence-electron chi connectivity index (χ4n) is 2.21. The normalized spacial score (nSPS) is 16.8. The van der Waals surface area contributed by atoms with E-state index in [0.717, 1.165) is 22.3 Å². The highest BCUT2D eigenvalue weighted by molar-refractivity contribution is 7.91. The largest absolute Gasteiger partial charge is 0.471 e. The standard InChI is InChI=1S/C14H13F3N2O3S2/c1-9-4-5-12(23-9)24(20,21)19-7-10(8-19)22-13-11(14(15,16)17)3-2-6-18-13/h2-6,10H,7-8H2,1H3. The van der Waals surface area contributed by atoms with Gasteiger partial charge in [-0.15, -0.1) is 11.3 Å². The average Bonchev–Trinajstić information content (AvgIpc) is 2.89. The zero-order valence-corrected chi connectivity index (χ0v) is 14.1. The minimum Gasteiger partial charge on any atom is -0.471 e. The second kappa shape index (κ2) is 6.01. The van der Waals surface area contributed by atoms with Gasteiger partial charge in [-0.05, 0) is 31.2 Å². The van der Waals surface area contributed by atoms with Crippen LogP contribution >= 0.6 is 11.3 Å². The van der Waals surface area contributed by atoms with Gasteiger partial charge in [0.1, 0.15) is 15.9 Å². The topological polar surface area (TPSA) is 59.5 Å². The Morgan fingerprint density at radius 2 is 2.00 bits per heavy atom. The molecular formula is C14H13F3N2O3S2.